The number of benzene rings is 2. The Morgan fingerprint density at radius 3 is 2.23 bits per heavy atom. The normalized spacial score (nSPS) is 10.6. The Bertz CT molecular complexity index is 867. The molecule has 0 radical (unpaired) electrons. The van der Waals surface area contributed by atoms with Crippen LogP contribution in [0.15, 0.2) is 48.5 Å². The lowest BCUT2D eigenvalue weighted by Gasteiger charge is -2.13. The quantitative estimate of drug-likeness (QED) is 0.213. The molecule has 0 saturated heterocycles. The molecule has 0 saturated carbocycles. The van der Waals surface area contributed by atoms with Crippen molar-refractivity contribution < 1.29 is 19.7 Å². The molecular formula is C23H28N2O5. The second-order valence-corrected chi connectivity index (χ2v) is 7.22. The van der Waals surface area contributed by atoms with Crippen LogP contribution in [0.1, 0.15) is 79.0 Å². The lowest BCUT2D eigenvalue weighted by molar-refractivity contribution is -0.481. The second kappa shape index (κ2) is 11.7. The average molecular weight is 412 g/mol. The van der Waals surface area contributed by atoms with Crippen molar-refractivity contribution in [3.63, 3.8) is 0 Å². The van der Waals surface area contributed by atoms with Gasteiger partial charge in [-0.2, -0.15) is 0 Å². The number of carbonyl (C=O) groups is 2. The van der Waals surface area contributed by atoms with Crippen LogP contribution in [0.4, 0.5) is 5.69 Å². The van der Waals surface area contributed by atoms with E-state index in [1.54, 1.807) is 18.2 Å². The van der Waals surface area contributed by atoms with Crippen molar-refractivity contribution in [1.82, 2.24) is 0 Å². The van der Waals surface area contributed by atoms with Gasteiger partial charge in [-0.3, -0.25) is 9.59 Å². The zero-order valence-electron chi connectivity index (χ0n) is 17.3. The summed E-state index contributed by atoms with van der Waals surface area (Å²) < 4.78 is 0. The number of unbranched alkanes of at least 4 members (excludes halogenated alkanes) is 6. The van der Waals surface area contributed by atoms with Crippen molar-refractivity contribution in [1.29, 1.82) is 0 Å². The zero-order chi connectivity index (χ0) is 21.9. The van der Waals surface area contributed by atoms with E-state index in [4.69, 9.17) is 0 Å². The number of nitro groups is 1. The Balaban J connectivity index is 2.07. The Kier molecular flexibility index (Phi) is 9.00. The van der Waals surface area contributed by atoms with Crippen LogP contribution in [0, 0.1) is 10.1 Å². The van der Waals surface area contributed by atoms with Gasteiger partial charge < -0.3 is 5.11 Å². The van der Waals surface area contributed by atoms with Gasteiger partial charge >= 0.3 is 5.91 Å². The van der Waals surface area contributed by atoms with Crippen LogP contribution in [0.3, 0.4) is 0 Å². The van der Waals surface area contributed by atoms with Crippen LogP contribution in [0.5, 0.6) is 5.75 Å². The van der Waals surface area contributed by atoms with Crippen LogP contribution in [-0.2, 0) is 0 Å². The Morgan fingerprint density at radius 1 is 0.967 bits per heavy atom. The summed E-state index contributed by atoms with van der Waals surface area (Å²) in [5, 5.41) is 21.1. The molecule has 0 fully saturated rings. The van der Waals surface area contributed by atoms with Gasteiger partial charge in [0.05, 0.1) is 5.56 Å². The second-order valence-electron chi connectivity index (χ2n) is 7.22. The van der Waals surface area contributed by atoms with Crippen LogP contribution in [0.2, 0.25) is 0 Å². The van der Waals surface area contributed by atoms with Crippen molar-refractivity contribution in [2.24, 2.45) is 0 Å². The molecule has 1 N–H and O–H groups in total. The van der Waals surface area contributed by atoms with E-state index in [1.165, 1.54) is 49.6 Å². The lowest BCUT2D eigenvalue weighted by Crippen LogP contribution is -2.36. The molecule has 160 valence electrons. The molecule has 0 aliphatic carbocycles. The molecule has 0 aliphatic rings. The summed E-state index contributed by atoms with van der Waals surface area (Å²) >= 11 is 0. The Hall–Kier alpha value is -3.22. The summed E-state index contributed by atoms with van der Waals surface area (Å²) in [5.41, 5.74) is 0.0474. The van der Waals surface area contributed by atoms with Gasteiger partial charge in [-0.15, -0.1) is 0 Å². The molecule has 7 nitrogen and oxygen atoms in total. The number of Topliss-reactive ketones (excluding diaryl/α,β-unsaturated/α-hetero) is 1. The highest BCUT2D eigenvalue weighted by molar-refractivity contribution is 6.08. The topological polar surface area (TPSA) is 101 Å². The number of rotatable bonds is 12. The van der Waals surface area contributed by atoms with Crippen LogP contribution >= 0.6 is 0 Å². The first-order valence-corrected chi connectivity index (χ1v) is 10.4. The van der Waals surface area contributed by atoms with E-state index in [2.05, 4.69) is 6.92 Å². The molecule has 7 heteroatoms. The summed E-state index contributed by atoms with van der Waals surface area (Å²) in [4.78, 5) is 36.8. The van der Waals surface area contributed by atoms with Gasteiger partial charge in [-0.25, -0.2) is 10.1 Å². The smallest absolute Gasteiger partial charge is 0.323 e. The number of amides is 1. The highest BCUT2D eigenvalue weighted by atomic mass is 16.7. The lowest BCUT2D eigenvalue weighted by atomic mass is 10.0. The fourth-order valence-corrected chi connectivity index (χ4v) is 3.24. The third-order valence-corrected chi connectivity index (χ3v) is 4.91. The third kappa shape index (κ3) is 6.40. The van der Waals surface area contributed by atoms with Gasteiger partial charge in [0.2, 0.25) is 0 Å². The predicted octanol–water partition coefficient (Wildman–Crippen LogP) is 5.55. The van der Waals surface area contributed by atoms with Crippen LogP contribution in [-0.4, -0.2) is 21.8 Å². The summed E-state index contributed by atoms with van der Waals surface area (Å²) in [6.45, 7) is 2.17. The number of hydrogen-bond acceptors (Lipinski definition) is 5. The van der Waals surface area contributed by atoms with Crippen LogP contribution in [0.25, 0.3) is 0 Å². The molecule has 0 atom stereocenters. The molecule has 0 unspecified atom stereocenters. The number of ketones is 1. The maximum absolute atomic E-state index is 12.8. The van der Waals surface area contributed by atoms with E-state index < -0.39 is 16.7 Å². The predicted molar refractivity (Wildman–Crippen MR) is 115 cm³/mol. The number of aromatic hydroxyl groups is 1. The SMILES string of the molecule is CCCCCCCCCC(=O)c1ccc(O)c(C(=O)N(c2ccccc2)[N+](=O)[O-])c1. The number of anilines is 1. The molecule has 2 aromatic rings. The summed E-state index contributed by atoms with van der Waals surface area (Å²) in [6, 6.07) is 11.6. The van der Waals surface area contributed by atoms with Crippen molar-refractivity contribution in [3.8, 4) is 5.75 Å². The summed E-state index contributed by atoms with van der Waals surface area (Å²) in [7, 11) is 0. The average Bonchev–Trinajstić information content (AvgIpc) is 2.73. The minimum absolute atomic E-state index is 0.0618. The minimum atomic E-state index is -1.01. The first-order valence-electron chi connectivity index (χ1n) is 10.4. The van der Waals surface area contributed by atoms with E-state index in [0.717, 1.165) is 25.7 Å². The van der Waals surface area contributed by atoms with Gasteiger partial charge in [0, 0.05) is 12.0 Å². The Labute approximate surface area is 176 Å². The van der Waals surface area contributed by atoms with Crippen molar-refractivity contribution >= 4 is 17.4 Å². The number of nitrogens with zero attached hydrogens (tertiary/aromatic N) is 2. The molecule has 0 aliphatic heterocycles. The monoisotopic (exact) mass is 412 g/mol. The van der Waals surface area contributed by atoms with E-state index in [-0.39, 0.29) is 22.6 Å². The van der Waals surface area contributed by atoms with Gasteiger partial charge in [0.25, 0.3) is 0 Å². The van der Waals surface area contributed by atoms with Crippen molar-refractivity contribution in [2.45, 2.75) is 58.3 Å². The largest absolute Gasteiger partial charge is 0.507 e. The van der Waals surface area contributed by atoms with Crippen molar-refractivity contribution in [3.05, 3.63) is 69.8 Å². The summed E-state index contributed by atoms with van der Waals surface area (Å²) in [6.07, 6.45) is 7.93. The molecule has 0 bridgehead atoms. The fraction of sp³-hybridized carbons (Fsp3) is 0.391. The molecule has 2 aromatic carbocycles. The standard InChI is InChI=1S/C23H28N2O5/c1-2-3-4-5-6-7-11-14-21(26)18-15-16-22(27)20(17-18)23(28)24(25(29)30)19-12-9-8-10-13-19/h8-10,12-13,15-17,27H,2-7,11,14H2,1H3. The summed E-state index contributed by atoms with van der Waals surface area (Å²) in [5.74, 6) is -1.56. The number of para-hydroxylation sites is 1. The van der Waals surface area contributed by atoms with E-state index in [0.29, 0.717) is 11.4 Å². The highest BCUT2D eigenvalue weighted by Crippen LogP contribution is 2.25. The molecule has 0 heterocycles. The van der Waals surface area contributed by atoms with E-state index in [9.17, 15) is 24.8 Å². The van der Waals surface area contributed by atoms with E-state index >= 15 is 0 Å². The molecule has 1 amide bonds. The maximum atomic E-state index is 12.8. The van der Waals surface area contributed by atoms with Gasteiger partial charge in [0.15, 0.2) is 10.8 Å². The van der Waals surface area contributed by atoms with Crippen LogP contribution < -0.4 is 5.01 Å². The fourth-order valence-electron chi connectivity index (χ4n) is 3.24. The molecule has 2 rings (SSSR count). The number of phenols is 1. The molecule has 0 aromatic heterocycles. The number of hydrazine groups is 1. The number of phenolic OH excluding ortho intramolecular Hbond substituents is 1. The molecule has 0 spiro atoms. The highest BCUT2D eigenvalue weighted by Gasteiger charge is 2.30. The first kappa shape index (κ1) is 23.1. The van der Waals surface area contributed by atoms with E-state index in [1.807, 2.05) is 0 Å². The van der Waals surface area contributed by atoms with Gasteiger partial charge in [0.1, 0.15) is 11.4 Å². The van der Waals surface area contributed by atoms with Crippen molar-refractivity contribution in [2.75, 3.05) is 5.01 Å². The zero-order valence-corrected chi connectivity index (χ0v) is 17.3. The first-order chi connectivity index (χ1) is 14.5. The minimum Gasteiger partial charge on any atom is -0.507 e. The molecular weight excluding hydrogens is 384 g/mol. The number of hydrogen-bond donors (Lipinski definition) is 1. The Morgan fingerprint density at radius 2 is 1.60 bits per heavy atom. The maximum Gasteiger partial charge on any atom is 0.323 e. The number of carbonyl (C=O) groups excluding carboxylic acids is 2. The third-order valence-electron chi connectivity index (χ3n) is 4.91. The van der Waals surface area contributed by atoms with Gasteiger partial charge in [-0.1, -0.05) is 63.6 Å². The van der Waals surface area contributed by atoms with Gasteiger partial charge in [-0.05, 0) is 41.8 Å². The molecule has 30 heavy (non-hydrogen) atoms.